The molecule has 1 heterocycles. The van der Waals surface area contributed by atoms with Crippen LogP contribution in [-0.2, 0) is 9.84 Å². The molecule has 0 amide bonds. The highest BCUT2D eigenvalue weighted by Gasteiger charge is 2.22. The van der Waals surface area contributed by atoms with Gasteiger partial charge in [0.15, 0.2) is 11.5 Å². The second-order valence-corrected chi connectivity index (χ2v) is 8.11. The fourth-order valence-electron chi connectivity index (χ4n) is 2.27. The summed E-state index contributed by atoms with van der Waals surface area (Å²) in [6, 6.07) is 3.43. The minimum Gasteiger partial charge on any atom is -0.490 e. The molecule has 1 aliphatic heterocycles. The van der Waals surface area contributed by atoms with E-state index in [9.17, 15) is 8.42 Å². The van der Waals surface area contributed by atoms with Crippen LogP contribution in [0.4, 0.5) is 0 Å². The molecule has 7 heteroatoms. The normalized spacial score (nSPS) is 16.3. The molecular weight excluding hydrogens is 358 g/mol. The van der Waals surface area contributed by atoms with Crippen molar-refractivity contribution in [2.75, 3.05) is 31.8 Å². The van der Waals surface area contributed by atoms with E-state index >= 15 is 0 Å². The molecule has 0 radical (unpaired) electrons. The Labute approximate surface area is 134 Å². The van der Waals surface area contributed by atoms with Gasteiger partial charge in [0, 0.05) is 23.2 Å². The zero-order valence-corrected chi connectivity index (χ0v) is 14.6. The van der Waals surface area contributed by atoms with Crippen molar-refractivity contribution < 1.29 is 17.9 Å². The predicted octanol–water partition coefficient (Wildman–Crippen LogP) is 2.31. The third-order valence-corrected chi connectivity index (χ3v) is 4.79. The second kappa shape index (κ2) is 6.98. The van der Waals surface area contributed by atoms with Crippen molar-refractivity contribution in [1.29, 1.82) is 0 Å². The number of rotatable bonds is 5. The summed E-state index contributed by atoms with van der Waals surface area (Å²) in [4.78, 5) is 0. The number of benzene rings is 1. The maximum atomic E-state index is 11.6. The van der Waals surface area contributed by atoms with Gasteiger partial charge in [0.05, 0.1) is 19.0 Å². The van der Waals surface area contributed by atoms with Gasteiger partial charge < -0.3 is 14.8 Å². The lowest BCUT2D eigenvalue weighted by Gasteiger charge is -2.20. The molecule has 0 saturated carbocycles. The first-order chi connectivity index (χ1) is 9.90. The summed E-state index contributed by atoms with van der Waals surface area (Å²) in [5, 5.41) is 3.21. The zero-order valence-electron chi connectivity index (χ0n) is 12.2. The highest BCUT2D eigenvalue weighted by Crippen LogP contribution is 2.37. The van der Waals surface area contributed by atoms with E-state index < -0.39 is 9.84 Å². The molecular formula is C14H20BrNO4S. The Kier molecular flexibility index (Phi) is 5.51. The van der Waals surface area contributed by atoms with Gasteiger partial charge in [-0.25, -0.2) is 8.42 Å². The molecule has 1 aliphatic rings. The number of nitrogens with one attached hydrogen (secondary N) is 1. The Bertz CT molecular complexity index is 603. The van der Waals surface area contributed by atoms with Gasteiger partial charge >= 0.3 is 0 Å². The van der Waals surface area contributed by atoms with Crippen molar-refractivity contribution in [3.8, 4) is 11.5 Å². The number of hydrogen-bond donors (Lipinski definition) is 1. The molecule has 0 bridgehead atoms. The Morgan fingerprint density at radius 1 is 1.29 bits per heavy atom. The SMILES string of the molecule is CCNC(CS(C)(=O)=O)c1cc2c(cc1Br)OCCCO2. The van der Waals surface area contributed by atoms with Gasteiger partial charge in [-0.15, -0.1) is 0 Å². The molecule has 118 valence electrons. The van der Waals surface area contributed by atoms with Gasteiger partial charge in [0.25, 0.3) is 0 Å². The van der Waals surface area contributed by atoms with E-state index in [2.05, 4.69) is 21.2 Å². The number of ether oxygens (including phenoxy) is 2. The van der Waals surface area contributed by atoms with Crippen LogP contribution in [-0.4, -0.2) is 40.2 Å². The Hall–Kier alpha value is -0.790. The molecule has 2 rings (SSSR count). The van der Waals surface area contributed by atoms with Crippen molar-refractivity contribution >= 4 is 25.8 Å². The van der Waals surface area contributed by atoms with E-state index in [0.717, 1.165) is 16.5 Å². The quantitative estimate of drug-likeness (QED) is 0.852. The van der Waals surface area contributed by atoms with Crippen molar-refractivity contribution in [3.63, 3.8) is 0 Å². The number of fused-ring (bicyclic) bond motifs is 1. The summed E-state index contributed by atoms with van der Waals surface area (Å²) in [5.74, 6) is 1.40. The second-order valence-electron chi connectivity index (χ2n) is 5.07. The van der Waals surface area contributed by atoms with E-state index in [1.54, 1.807) is 0 Å². The molecule has 0 aromatic heterocycles. The molecule has 5 nitrogen and oxygen atoms in total. The van der Waals surface area contributed by atoms with E-state index in [-0.39, 0.29) is 11.8 Å². The average Bonchev–Trinajstić information content (AvgIpc) is 2.60. The number of hydrogen-bond acceptors (Lipinski definition) is 5. The van der Waals surface area contributed by atoms with Crippen LogP contribution in [0, 0.1) is 0 Å². The van der Waals surface area contributed by atoms with Crippen LogP contribution in [0.25, 0.3) is 0 Å². The predicted molar refractivity (Wildman–Crippen MR) is 85.9 cm³/mol. The molecule has 0 spiro atoms. The highest BCUT2D eigenvalue weighted by molar-refractivity contribution is 9.10. The fourth-order valence-corrected chi connectivity index (χ4v) is 3.78. The van der Waals surface area contributed by atoms with Crippen LogP contribution < -0.4 is 14.8 Å². The van der Waals surface area contributed by atoms with E-state index in [4.69, 9.17) is 9.47 Å². The van der Waals surface area contributed by atoms with Crippen LogP contribution >= 0.6 is 15.9 Å². The van der Waals surface area contributed by atoms with E-state index in [1.807, 2.05) is 19.1 Å². The van der Waals surface area contributed by atoms with Gasteiger partial charge in [0.1, 0.15) is 9.84 Å². The fraction of sp³-hybridized carbons (Fsp3) is 0.571. The standard InChI is InChI=1S/C14H20BrNO4S/c1-3-16-12(9-21(2,17)18)10-7-13-14(8-11(10)15)20-6-4-5-19-13/h7-8,12,16H,3-6,9H2,1-2H3. The lowest BCUT2D eigenvalue weighted by atomic mass is 10.1. The lowest BCUT2D eigenvalue weighted by molar-refractivity contribution is 0.297. The van der Waals surface area contributed by atoms with Crippen LogP contribution in [0.5, 0.6) is 11.5 Å². The zero-order chi connectivity index (χ0) is 15.5. The first-order valence-corrected chi connectivity index (χ1v) is 9.76. The molecule has 1 aromatic rings. The average molecular weight is 378 g/mol. The summed E-state index contributed by atoms with van der Waals surface area (Å²) in [7, 11) is -3.09. The smallest absolute Gasteiger partial charge is 0.162 e. The van der Waals surface area contributed by atoms with Gasteiger partial charge in [0.2, 0.25) is 0 Å². The maximum Gasteiger partial charge on any atom is 0.162 e. The molecule has 1 atom stereocenters. The minimum atomic E-state index is -3.09. The maximum absolute atomic E-state index is 11.6. The van der Waals surface area contributed by atoms with E-state index in [0.29, 0.717) is 31.3 Å². The Morgan fingerprint density at radius 2 is 1.90 bits per heavy atom. The molecule has 1 unspecified atom stereocenters. The van der Waals surface area contributed by atoms with Gasteiger partial charge in [-0.05, 0) is 24.2 Å². The summed E-state index contributed by atoms with van der Waals surface area (Å²) >= 11 is 3.51. The van der Waals surface area contributed by atoms with E-state index in [1.165, 1.54) is 6.26 Å². The van der Waals surface area contributed by atoms with Gasteiger partial charge in [-0.2, -0.15) is 0 Å². The molecule has 21 heavy (non-hydrogen) atoms. The summed E-state index contributed by atoms with van der Waals surface area (Å²) in [5.41, 5.74) is 0.867. The summed E-state index contributed by atoms with van der Waals surface area (Å²) < 4.78 is 35.4. The van der Waals surface area contributed by atoms with Crippen molar-refractivity contribution in [2.45, 2.75) is 19.4 Å². The highest BCUT2D eigenvalue weighted by atomic mass is 79.9. The van der Waals surface area contributed by atoms with Gasteiger partial charge in [-0.1, -0.05) is 22.9 Å². The molecule has 1 aromatic carbocycles. The monoisotopic (exact) mass is 377 g/mol. The molecule has 0 aliphatic carbocycles. The van der Waals surface area contributed by atoms with Crippen LogP contribution in [0.15, 0.2) is 16.6 Å². The lowest BCUT2D eigenvalue weighted by Crippen LogP contribution is -2.28. The first kappa shape index (κ1) is 16.6. The van der Waals surface area contributed by atoms with Crippen molar-refractivity contribution in [2.24, 2.45) is 0 Å². The topological polar surface area (TPSA) is 64.6 Å². The van der Waals surface area contributed by atoms with Crippen molar-refractivity contribution in [3.05, 3.63) is 22.2 Å². The third kappa shape index (κ3) is 4.59. The van der Waals surface area contributed by atoms with Crippen LogP contribution in [0.1, 0.15) is 24.9 Å². The minimum absolute atomic E-state index is 0.0408. The first-order valence-electron chi connectivity index (χ1n) is 6.91. The molecule has 0 fully saturated rings. The van der Waals surface area contributed by atoms with Crippen molar-refractivity contribution in [1.82, 2.24) is 5.32 Å². The Morgan fingerprint density at radius 3 is 2.48 bits per heavy atom. The number of sulfone groups is 1. The molecule has 1 N–H and O–H groups in total. The Balaban J connectivity index is 2.38. The third-order valence-electron chi connectivity index (χ3n) is 3.16. The largest absolute Gasteiger partial charge is 0.490 e. The van der Waals surface area contributed by atoms with Crippen LogP contribution in [0.2, 0.25) is 0 Å². The van der Waals surface area contributed by atoms with Gasteiger partial charge in [-0.3, -0.25) is 0 Å². The number of halogens is 1. The van der Waals surface area contributed by atoms with Crippen LogP contribution in [0.3, 0.4) is 0 Å². The molecule has 0 saturated heterocycles. The summed E-state index contributed by atoms with van der Waals surface area (Å²) in [6.07, 6.45) is 2.08. The summed E-state index contributed by atoms with van der Waals surface area (Å²) in [6.45, 7) is 3.86.